The minimum absolute atomic E-state index is 0.0275. The van der Waals surface area contributed by atoms with E-state index in [4.69, 9.17) is 5.73 Å². The average Bonchev–Trinajstić information content (AvgIpc) is 2.38. The monoisotopic (exact) mass is 318 g/mol. The van der Waals surface area contributed by atoms with Crippen LogP contribution in [0.1, 0.15) is 38.2 Å². The SMILES string of the molecule is CCC1(CNS(=O)(=O)c2ccc(F)c(CN)c2F)CCC1. The topological polar surface area (TPSA) is 72.2 Å². The lowest BCUT2D eigenvalue weighted by molar-refractivity contribution is 0.133. The zero-order valence-corrected chi connectivity index (χ0v) is 12.8. The normalized spacial score (nSPS) is 17.5. The Labute approximate surface area is 123 Å². The lowest BCUT2D eigenvalue weighted by Gasteiger charge is -2.41. The molecule has 7 heteroatoms. The summed E-state index contributed by atoms with van der Waals surface area (Å²) in [7, 11) is -4.01. The standard InChI is InChI=1S/C14H20F2N2O2S/c1-2-14(6-3-7-14)9-18-21(19,20)12-5-4-11(15)10(8-17)13(12)16/h4-5,18H,2-3,6-9,17H2,1H3. The van der Waals surface area contributed by atoms with Gasteiger partial charge >= 0.3 is 0 Å². The maximum atomic E-state index is 14.1. The number of benzene rings is 1. The first-order valence-corrected chi connectivity index (χ1v) is 8.50. The Morgan fingerprint density at radius 1 is 1.33 bits per heavy atom. The number of rotatable bonds is 6. The van der Waals surface area contributed by atoms with E-state index in [0.717, 1.165) is 37.8 Å². The van der Waals surface area contributed by atoms with Crippen LogP contribution in [-0.2, 0) is 16.6 Å². The molecule has 0 saturated heterocycles. The van der Waals surface area contributed by atoms with E-state index in [1.54, 1.807) is 0 Å². The van der Waals surface area contributed by atoms with Gasteiger partial charge in [0.1, 0.15) is 10.7 Å². The molecule has 21 heavy (non-hydrogen) atoms. The molecule has 1 saturated carbocycles. The molecule has 0 aliphatic heterocycles. The number of halogens is 2. The largest absolute Gasteiger partial charge is 0.326 e. The summed E-state index contributed by atoms with van der Waals surface area (Å²) < 4.78 is 54.4. The highest BCUT2D eigenvalue weighted by Gasteiger charge is 2.36. The lowest BCUT2D eigenvalue weighted by atomic mass is 9.67. The number of sulfonamides is 1. The van der Waals surface area contributed by atoms with Crippen molar-refractivity contribution in [3.8, 4) is 0 Å². The van der Waals surface area contributed by atoms with E-state index >= 15 is 0 Å². The molecule has 0 spiro atoms. The summed E-state index contributed by atoms with van der Waals surface area (Å²) >= 11 is 0. The molecule has 0 amide bonds. The van der Waals surface area contributed by atoms with Crippen molar-refractivity contribution in [2.45, 2.75) is 44.0 Å². The van der Waals surface area contributed by atoms with Crippen LogP contribution in [0.2, 0.25) is 0 Å². The summed E-state index contributed by atoms with van der Waals surface area (Å²) in [6.45, 7) is 1.90. The number of nitrogens with one attached hydrogen (secondary N) is 1. The summed E-state index contributed by atoms with van der Waals surface area (Å²) in [5, 5.41) is 0. The summed E-state index contributed by atoms with van der Waals surface area (Å²) in [5.74, 6) is -1.94. The van der Waals surface area contributed by atoms with Gasteiger partial charge in [0, 0.05) is 18.7 Å². The van der Waals surface area contributed by atoms with Gasteiger partial charge in [0.2, 0.25) is 10.0 Å². The fraction of sp³-hybridized carbons (Fsp3) is 0.571. The van der Waals surface area contributed by atoms with Crippen molar-refractivity contribution >= 4 is 10.0 Å². The summed E-state index contributed by atoms with van der Waals surface area (Å²) in [5.41, 5.74) is 4.83. The number of hydrogen-bond acceptors (Lipinski definition) is 3. The maximum absolute atomic E-state index is 14.1. The van der Waals surface area contributed by atoms with Crippen LogP contribution in [0.25, 0.3) is 0 Å². The van der Waals surface area contributed by atoms with Crippen LogP contribution in [0.5, 0.6) is 0 Å². The van der Waals surface area contributed by atoms with Crippen molar-refractivity contribution in [3.05, 3.63) is 29.3 Å². The Morgan fingerprint density at radius 3 is 2.48 bits per heavy atom. The molecular weight excluding hydrogens is 298 g/mol. The summed E-state index contributed by atoms with van der Waals surface area (Å²) in [4.78, 5) is -0.546. The molecule has 1 aromatic carbocycles. The van der Waals surface area contributed by atoms with E-state index in [-0.39, 0.29) is 18.5 Å². The fourth-order valence-electron chi connectivity index (χ4n) is 2.63. The molecule has 2 rings (SSSR count). The van der Waals surface area contributed by atoms with Crippen LogP contribution >= 0.6 is 0 Å². The Balaban J connectivity index is 2.24. The molecule has 1 aliphatic rings. The van der Waals surface area contributed by atoms with E-state index in [1.165, 1.54) is 0 Å². The quantitative estimate of drug-likeness (QED) is 0.845. The van der Waals surface area contributed by atoms with Crippen LogP contribution in [-0.4, -0.2) is 15.0 Å². The van der Waals surface area contributed by atoms with Crippen LogP contribution < -0.4 is 10.5 Å². The van der Waals surface area contributed by atoms with Gasteiger partial charge < -0.3 is 5.73 Å². The highest BCUT2D eigenvalue weighted by molar-refractivity contribution is 7.89. The van der Waals surface area contributed by atoms with Crippen molar-refractivity contribution in [3.63, 3.8) is 0 Å². The smallest absolute Gasteiger partial charge is 0.243 e. The minimum atomic E-state index is -4.01. The van der Waals surface area contributed by atoms with Gasteiger partial charge in [0.05, 0.1) is 0 Å². The van der Waals surface area contributed by atoms with Gasteiger partial charge in [-0.3, -0.25) is 0 Å². The predicted octanol–water partition coefficient (Wildman–Crippen LogP) is 2.28. The number of nitrogens with two attached hydrogens (primary N) is 1. The lowest BCUT2D eigenvalue weighted by Crippen LogP contribution is -2.41. The molecule has 0 heterocycles. The van der Waals surface area contributed by atoms with Gasteiger partial charge in [-0.25, -0.2) is 21.9 Å². The third kappa shape index (κ3) is 3.09. The molecule has 0 bridgehead atoms. The molecule has 0 aromatic heterocycles. The first-order valence-electron chi connectivity index (χ1n) is 7.02. The molecule has 118 valence electrons. The molecule has 4 nitrogen and oxygen atoms in total. The molecule has 0 atom stereocenters. The second kappa shape index (κ2) is 5.98. The van der Waals surface area contributed by atoms with Gasteiger partial charge in [-0.05, 0) is 36.8 Å². The van der Waals surface area contributed by atoms with Crippen molar-refractivity contribution < 1.29 is 17.2 Å². The third-order valence-electron chi connectivity index (χ3n) is 4.45. The van der Waals surface area contributed by atoms with Gasteiger partial charge in [-0.2, -0.15) is 0 Å². The molecule has 0 radical (unpaired) electrons. The highest BCUT2D eigenvalue weighted by Crippen LogP contribution is 2.43. The van der Waals surface area contributed by atoms with Gasteiger partial charge in [-0.15, -0.1) is 0 Å². The maximum Gasteiger partial charge on any atom is 0.243 e. The Kier molecular flexibility index (Phi) is 4.65. The highest BCUT2D eigenvalue weighted by atomic mass is 32.2. The van der Waals surface area contributed by atoms with Crippen LogP contribution in [0.15, 0.2) is 17.0 Å². The van der Waals surface area contributed by atoms with Gasteiger partial charge in [0.15, 0.2) is 5.82 Å². The van der Waals surface area contributed by atoms with Crippen molar-refractivity contribution in [2.75, 3.05) is 6.54 Å². The van der Waals surface area contributed by atoms with Gasteiger partial charge in [0.25, 0.3) is 0 Å². The van der Waals surface area contributed by atoms with Crippen LogP contribution in [0.3, 0.4) is 0 Å². The molecule has 1 aromatic rings. The first kappa shape index (κ1) is 16.3. The van der Waals surface area contributed by atoms with Crippen molar-refractivity contribution in [1.29, 1.82) is 0 Å². The van der Waals surface area contributed by atoms with E-state index in [9.17, 15) is 17.2 Å². The van der Waals surface area contributed by atoms with Crippen LogP contribution in [0.4, 0.5) is 8.78 Å². The van der Waals surface area contributed by atoms with E-state index < -0.39 is 32.1 Å². The van der Waals surface area contributed by atoms with E-state index in [0.29, 0.717) is 0 Å². The Morgan fingerprint density at radius 2 is 2.00 bits per heavy atom. The van der Waals surface area contributed by atoms with Crippen molar-refractivity contribution in [1.82, 2.24) is 4.72 Å². The molecule has 1 aliphatic carbocycles. The predicted molar refractivity (Wildman–Crippen MR) is 76.0 cm³/mol. The number of hydrogen-bond donors (Lipinski definition) is 2. The first-order chi connectivity index (χ1) is 9.85. The second-order valence-corrected chi connectivity index (χ2v) is 7.31. The third-order valence-corrected chi connectivity index (χ3v) is 5.86. The fourth-order valence-corrected chi connectivity index (χ4v) is 3.89. The molecule has 3 N–H and O–H groups in total. The summed E-state index contributed by atoms with van der Waals surface area (Å²) in [6.07, 6.45) is 3.88. The van der Waals surface area contributed by atoms with Crippen molar-refractivity contribution in [2.24, 2.45) is 11.1 Å². The average molecular weight is 318 g/mol. The van der Waals surface area contributed by atoms with Gasteiger partial charge in [-0.1, -0.05) is 13.3 Å². The molecular formula is C14H20F2N2O2S. The van der Waals surface area contributed by atoms with E-state index in [1.807, 2.05) is 6.92 Å². The van der Waals surface area contributed by atoms with Crippen LogP contribution in [0, 0.1) is 17.0 Å². The second-order valence-electron chi connectivity index (χ2n) is 5.57. The van der Waals surface area contributed by atoms with E-state index in [2.05, 4.69) is 4.72 Å². The Bertz CT molecular complexity index is 623. The zero-order chi connectivity index (χ0) is 15.7. The molecule has 0 unspecified atom stereocenters. The Hall–Kier alpha value is -1.05. The minimum Gasteiger partial charge on any atom is -0.326 e. The molecule has 1 fully saturated rings. The summed E-state index contributed by atoms with van der Waals surface area (Å²) in [6, 6.07) is 1.87. The zero-order valence-electron chi connectivity index (χ0n) is 12.0.